The van der Waals surface area contributed by atoms with E-state index >= 15 is 0 Å². The van der Waals surface area contributed by atoms with Gasteiger partial charge in [-0.25, -0.2) is 0 Å². The Morgan fingerprint density at radius 1 is 1.67 bits per heavy atom. The van der Waals surface area contributed by atoms with Gasteiger partial charge < -0.3 is 4.84 Å². The van der Waals surface area contributed by atoms with E-state index in [1.165, 1.54) is 0 Å². The second-order valence-electron chi connectivity index (χ2n) is 3.02. The maximum Gasteiger partial charge on any atom is 0.325 e. The lowest BCUT2D eigenvalue weighted by atomic mass is 10.1. The summed E-state index contributed by atoms with van der Waals surface area (Å²) < 4.78 is 29.2. The topological polar surface area (TPSA) is 76.0 Å². The van der Waals surface area contributed by atoms with Crippen LogP contribution in [0.15, 0.2) is 5.16 Å². The highest BCUT2D eigenvalue weighted by Gasteiger charge is 2.31. The van der Waals surface area contributed by atoms with Crippen molar-refractivity contribution in [1.82, 2.24) is 0 Å². The second-order valence-corrected chi connectivity index (χ2v) is 6.28. The molecule has 0 spiro atoms. The fraction of sp³-hybridized carbons (Fsp3) is 0.800. The van der Waals surface area contributed by atoms with Gasteiger partial charge in [-0.3, -0.25) is 4.55 Å². The highest BCUT2D eigenvalue weighted by molar-refractivity contribution is 8.76. The Labute approximate surface area is 74.3 Å². The molecule has 0 fully saturated rings. The van der Waals surface area contributed by atoms with E-state index in [-0.39, 0.29) is 5.04 Å². The Morgan fingerprint density at radius 2 is 2.25 bits per heavy atom. The summed E-state index contributed by atoms with van der Waals surface area (Å²) in [6, 6.07) is 0. The Balaban J connectivity index is 2.60. The molecule has 1 aliphatic rings. The number of hydrogen-bond acceptors (Lipinski definition) is 5. The van der Waals surface area contributed by atoms with E-state index in [1.807, 2.05) is 0 Å². The minimum atomic E-state index is -4.05. The summed E-state index contributed by atoms with van der Waals surface area (Å²) in [4.78, 5) is 4.89. The molecule has 0 saturated heterocycles. The largest absolute Gasteiger partial charge is 0.389 e. The van der Waals surface area contributed by atoms with Gasteiger partial charge in [0.1, 0.15) is 10.6 Å². The van der Waals surface area contributed by atoms with Gasteiger partial charge in [0, 0.05) is 6.42 Å². The minimum Gasteiger partial charge on any atom is -0.389 e. The number of rotatable bonds is 1. The van der Waals surface area contributed by atoms with Gasteiger partial charge in [-0.05, 0) is 13.8 Å². The average Bonchev–Trinajstić information content (AvgIpc) is 2.05. The highest BCUT2D eigenvalue weighted by Crippen LogP contribution is 2.29. The summed E-state index contributed by atoms with van der Waals surface area (Å²) in [7, 11) is -3.73. The van der Waals surface area contributed by atoms with Crippen LogP contribution >= 0.6 is 10.8 Å². The molecule has 0 radical (unpaired) electrons. The van der Waals surface area contributed by atoms with Crippen LogP contribution in [0.1, 0.15) is 20.3 Å². The smallest absolute Gasteiger partial charge is 0.325 e. The van der Waals surface area contributed by atoms with Crippen LogP contribution < -0.4 is 0 Å². The standard InChI is InChI=1S/C5H9NO4S2/c1-5(2)3-4(6-10-5)11-12(7,8)9/h3H2,1-2H3,(H,7,8,9). The van der Waals surface area contributed by atoms with E-state index in [2.05, 4.69) is 5.16 Å². The van der Waals surface area contributed by atoms with Crippen LogP contribution in [-0.4, -0.2) is 23.6 Å². The van der Waals surface area contributed by atoms with E-state index in [4.69, 9.17) is 9.39 Å². The van der Waals surface area contributed by atoms with Crippen molar-refractivity contribution in [3.63, 3.8) is 0 Å². The van der Waals surface area contributed by atoms with Gasteiger partial charge in [0.15, 0.2) is 0 Å². The third-order valence-electron chi connectivity index (χ3n) is 1.17. The molecule has 0 aromatic rings. The number of nitrogens with zero attached hydrogens (tertiary/aromatic N) is 1. The Kier molecular flexibility index (Phi) is 2.37. The zero-order valence-corrected chi connectivity index (χ0v) is 8.28. The highest BCUT2D eigenvalue weighted by atomic mass is 33.1. The molecule has 5 nitrogen and oxygen atoms in total. The van der Waals surface area contributed by atoms with Gasteiger partial charge in [-0.1, -0.05) is 5.16 Å². The minimum absolute atomic E-state index is 0.280. The van der Waals surface area contributed by atoms with Crippen molar-refractivity contribution in [2.45, 2.75) is 25.9 Å². The molecule has 0 aromatic carbocycles. The van der Waals surface area contributed by atoms with Gasteiger partial charge in [0.2, 0.25) is 0 Å². The lowest BCUT2D eigenvalue weighted by Gasteiger charge is -2.12. The number of oxime groups is 1. The van der Waals surface area contributed by atoms with Gasteiger partial charge in [0.05, 0.1) is 10.8 Å². The summed E-state index contributed by atoms with van der Waals surface area (Å²) in [6.07, 6.45) is 0.400. The van der Waals surface area contributed by atoms with Crippen LogP contribution in [0.2, 0.25) is 0 Å². The molecule has 1 heterocycles. The first-order valence-corrected chi connectivity index (χ1v) is 5.98. The molecule has 0 unspecified atom stereocenters. The second kappa shape index (κ2) is 2.90. The van der Waals surface area contributed by atoms with Crippen molar-refractivity contribution in [3.8, 4) is 0 Å². The molecule has 70 valence electrons. The first-order chi connectivity index (χ1) is 5.29. The van der Waals surface area contributed by atoms with E-state index < -0.39 is 14.8 Å². The van der Waals surface area contributed by atoms with Crippen LogP contribution in [0.4, 0.5) is 0 Å². The molecule has 1 N–H and O–H groups in total. The SMILES string of the molecule is CC1(C)CC(SS(=O)(=O)O)=NO1. The molecule has 0 saturated carbocycles. The predicted octanol–water partition coefficient (Wildman–Crippen LogP) is 1.03. The molecular weight excluding hydrogens is 202 g/mol. The average molecular weight is 211 g/mol. The van der Waals surface area contributed by atoms with Crippen molar-refractivity contribution >= 4 is 25.0 Å². The van der Waals surface area contributed by atoms with E-state index in [9.17, 15) is 8.42 Å². The first-order valence-electron chi connectivity index (χ1n) is 3.20. The zero-order chi connectivity index (χ0) is 9.41. The van der Waals surface area contributed by atoms with Crippen molar-refractivity contribution in [1.29, 1.82) is 0 Å². The Hall–Kier alpha value is -0.270. The van der Waals surface area contributed by atoms with Crippen molar-refractivity contribution < 1.29 is 17.8 Å². The molecule has 1 aliphatic heterocycles. The molecule has 0 amide bonds. The summed E-state index contributed by atoms with van der Waals surface area (Å²) in [5.74, 6) is 0. The van der Waals surface area contributed by atoms with Crippen LogP contribution in [0.3, 0.4) is 0 Å². The van der Waals surface area contributed by atoms with Crippen LogP contribution in [0.25, 0.3) is 0 Å². The molecule has 0 bridgehead atoms. The molecule has 1 rings (SSSR count). The predicted molar refractivity (Wildman–Crippen MR) is 46.4 cm³/mol. The van der Waals surface area contributed by atoms with E-state index in [0.29, 0.717) is 17.2 Å². The lowest BCUT2D eigenvalue weighted by Crippen LogP contribution is -2.18. The Bertz CT molecular complexity index is 305. The maximum absolute atomic E-state index is 10.4. The first kappa shape index (κ1) is 9.82. The normalized spacial score (nSPS) is 21.8. The fourth-order valence-electron chi connectivity index (χ4n) is 0.769. The van der Waals surface area contributed by atoms with Crippen molar-refractivity contribution in [2.75, 3.05) is 0 Å². The zero-order valence-electron chi connectivity index (χ0n) is 6.64. The van der Waals surface area contributed by atoms with Crippen molar-refractivity contribution in [3.05, 3.63) is 0 Å². The molecule has 12 heavy (non-hydrogen) atoms. The molecule has 0 aromatic heterocycles. The number of hydrogen-bond donors (Lipinski definition) is 1. The third-order valence-corrected chi connectivity index (χ3v) is 3.00. The van der Waals surface area contributed by atoms with Gasteiger partial charge >= 0.3 is 9.15 Å². The molecular formula is C5H9NO4S2. The summed E-state index contributed by atoms with van der Waals surface area (Å²) in [5.41, 5.74) is -0.465. The molecule has 0 aliphatic carbocycles. The van der Waals surface area contributed by atoms with Crippen molar-refractivity contribution in [2.24, 2.45) is 5.16 Å². The summed E-state index contributed by atoms with van der Waals surface area (Å²) in [5, 5.41) is 3.79. The molecule has 0 atom stereocenters. The van der Waals surface area contributed by atoms with E-state index in [0.717, 1.165) is 0 Å². The van der Waals surface area contributed by atoms with Crippen LogP contribution in [-0.2, 0) is 14.0 Å². The summed E-state index contributed by atoms with van der Waals surface area (Å²) >= 11 is 0. The third kappa shape index (κ3) is 3.00. The quantitative estimate of drug-likeness (QED) is 0.518. The fourth-order valence-corrected chi connectivity index (χ4v) is 2.48. The van der Waals surface area contributed by atoms with Crippen LogP contribution in [0, 0.1) is 0 Å². The van der Waals surface area contributed by atoms with Gasteiger partial charge in [-0.2, -0.15) is 8.42 Å². The summed E-state index contributed by atoms with van der Waals surface area (Å²) in [6.45, 7) is 3.57. The lowest BCUT2D eigenvalue weighted by molar-refractivity contribution is 0.0123. The van der Waals surface area contributed by atoms with Crippen LogP contribution in [0.5, 0.6) is 0 Å². The van der Waals surface area contributed by atoms with E-state index in [1.54, 1.807) is 13.8 Å². The van der Waals surface area contributed by atoms with Gasteiger partial charge in [-0.15, -0.1) is 0 Å². The molecule has 7 heteroatoms. The Morgan fingerprint density at radius 3 is 2.58 bits per heavy atom. The maximum atomic E-state index is 10.4. The van der Waals surface area contributed by atoms with Gasteiger partial charge in [0.25, 0.3) is 0 Å². The monoisotopic (exact) mass is 211 g/mol.